The molecule has 0 saturated heterocycles. The van der Waals surface area contributed by atoms with E-state index in [1.54, 1.807) is 12.1 Å². The molecular formula is C15H22O3. The molecule has 0 aliphatic heterocycles. The maximum Gasteiger partial charge on any atom is 0.172 e. The summed E-state index contributed by atoms with van der Waals surface area (Å²) in [7, 11) is 0. The zero-order valence-corrected chi connectivity index (χ0v) is 11.6. The SMILES string of the molecule is CCOc1cccc(C=O)c1OC(C)CC(C)C. The summed E-state index contributed by atoms with van der Waals surface area (Å²) in [5.41, 5.74) is 0.538. The van der Waals surface area contributed by atoms with Crippen LogP contribution in [0.1, 0.15) is 44.5 Å². The summed E-state index contributed by atoms with van der Waals surface area (Å²) in [4.78, 5) is 11.1. The molecule has 0 aliphatic rings. The first-order valence-electron chi connectivity index (χ1n) is 6.46. The average Bonchev–Trinajstić information content (AvgIpc) is 2.30. The Morgan fingerprint density at radius 3 is 2.56 bits per heavy atom. The number of hydrogen-bond acceptors (Lipinski definition) is 3. The van der Waals surface area contributed by atoms with E-state index in [0.717, 1.165) is 12.7 Å². The van der Waals surface area contributed by atoms with Crippen molar-refractivity contribution in [1.82, 2.24) is 0 Å². The number of carbonyl (C=O) groups excluding carboxylic acids is 1. The molecule has 1 aromatic rings. The third kappa shape index (κ3) is 4.06. The van der Waals surface area contributed by atoms with E-state index in [0.29, 0.717) is 29.6 Å². The Labute approximate surface area is 109 Å². The number of rotatable bonds is 7. The zero-order valence-electron chi connectivity index (χ0n) is 11.6. The van der Waals surface area contributed by atoms with Crippen LogP contribution in [0.25, 0.3) is 0 Å². The molecule has 0 spiro atoms. The zero-order chi connectivity index (χ0) is 13.5. The van der Waals surface area contributed by atoms with E-state index >= 15 is 0 Å². The number of benzene rings is 1. The molecule has 0 aromatic heterocycles. The summed E-state index contributed by atoms with van der Waals surface area (Å²) in [5, 5.41) is 0. The van der Waals surface area contributed by atoms with Crippen molar-refractivity contribution in [2.24, 2.45) is 5.92 Å². The van der Waals surface area contributed by atoms with E-state index in [1.165, 1.54) is 0 Å². The van der Waals surface area contributed by atoms with E-state index < -0.39 is 0 Å². The van der Waals surface area contributed by atoms with Gasteiger partial charge in [-0.2, -0.15) is 0 Å². The first-order valence-corrected chi connectivity index (χ1v) is 6.46. The van der Waals surface area contributed by atoms with Crippen molar-refractivity contribution in [1.29, 1.82) is 0 Å². The van der Waals surface area contributed by atoms with Gasteiger partial charge in [-0.05, 0) is 38.3 Å². The van der Waals surface area contributed by atoms with Gasteiger partial charge in [-0.1, -0.05) is 19.9 Å². The normalized spacial score (nSPS) is 12.3. The highest BCUT2D eigenvalue weighted by molar-refractivity contribution is 5.81. The lowest BCUT2D eigenvalue weighted by atomic mass is 10.1. The van der Waals surface area contributed by atoms with Crippen molar-refractivity contribution in [3.63, 3.8) is 0 Å². The van der Waals surface area contributed by atoms with Crippen LogP contribution in [-0.2, 0) is 0 Å². The van der Waals surface area contributed by atoms with Crippen molar-refractivity contribution < 1.29 is 14.3 Å². The summed E-state index contributed by atoms with van der Waals surface area (Å²) < 4.78 is 11.4. The molecule has 1 rings (SSSR count). The van der Waals surface area contributed by atoms with Gasteiger partial charge in [-0.3, -0.25) is 4.79 Å². The van der Waals surface area contributed by atoms with Crippen LogP contribution < -0.4 is 9.47 Å². The second-order valence-electron chi connectivity index (χ2n) is 4.78. The molecule has 0 amide bonds. The van der Waals surface area contributed by atoms with Gasteiger partial charge < -0.3 is 9.47 Å². The quantitative estimate of drug-likeness (QED) is 0.692. The molecule has 1 atom stereocenters. The summed E-state index contributed by atoms with van der Waals surface area (Å²) in [6.07, 6.45) is 1.81. The van der Waals surface area contributed by atoms with Crippen molar-refractivity contribution in [2.75, 3.05) is 6.61 Å². The van der Waals surface area contributed by atoms with E-state index in [4.69, 9.17) is 9.47 Å². The van der Waals surface area contributed by atoms with E-state index in [9.17, 15) is 4.79 Å². The molecule has 0 saturated carbocycles. The van der Waals surface area contributed by atoms with Crippen molar-refractivity contribution in [3.8, 4) is 11.5 Å². The van der Waals surface area contributed by atoms with Gasteiger partial charge in [0.15, 0.2) is 17.8 Å². The monoisotopic (exact) mass is 250 g/mol. The van der Waals surface area contributed by atoms with Crippen LogP contribution in [0.4, 0.5) is 0 Å². The molecule has 0 bridgehead atoms. The highest BCUT2D eigenvalue weighted by Gasteiger charge is 2.14. The molecule has 100 valence electrons. The van der Waals surface area contributed by atoms with Crippen LogP contribution in [0.15, 0.2) is 18.2 Å². The van der Waals surface area contributed by atoms with Crippen LogP contribution >= 0.6 is 0 Å². The molecule has 3 nitrogen and oxygen atoms in total. The fraction of sp³-hybridized carbons (Fsp3) is 0.533. The Morgan fingerprint density at radius 1 is 1.28 bits per heavy atom. The van der Waals surface area contributed by atoms with Gasteiger partial charge in [0.05, 0.1) is 18.3 Å². The van der Waals surface area contributed by atoms with Gasteiger partial charge in [0.2, 0.25) is 0 Å². The van der Waals surface area contributed by atoms with Crippen LogP contribution in [0.3, 0.4) is 0 Å². The molecule has 18 heavy (non-hydrogen) atoms. The Kier molecular flexibility index (Phi) is 5.69. The highest BCUT2D eigenvalue weighted by atomic mass is 16.5. The molecule has 0 N–H and O–H groups in total. The molecule has 0 heterocycles. The largest absolute Gasteiger partial charge is 0.490 e. The summed E-state index contributed by atoms with van der Waals surface area (Å²) in [6, 6.07) is 5.37. The average molecular weight is 250 g/mol. The van der Waals surface area contributed by atoms with Gasteiger partial charge in [-0.15, -0.1) is 0 Å². The van der Waals surface area contributed by atoms with Gasteiger partial charge >= 0.3 is 0 Å². The topological polar surface area (TPSA) is 35.5 Å². The van der Waals surface area contributed by atoms with Crippen LogP contribution in [-0.4, -0.2) is 19.0 Å². The number of carbonyl (C=O) groups is 1. The van der Waals surface area contributed by atoms with E-state index in [1.807, 2.05) is 19.9 Å². The lowest BCUT2D eigenvalue weighted by molar-refractivity contribution is 0.111. The maximum atomic E-state index is 11.1. The molecule has 0 aliphatic carbocycles. The predicted molar refractivity (Wildman–Crippen MR) is 72.5 cm³/mol. The van der Waals surface area contributed by atoms with Gasteiger partial charge in [-0.25, -0.2) is 0 Å². The molecule has 0 radical (unpaired) electrons. The number of hydrogen-bond donors (Lipinski definition) is 0. The Morgan fingerprint density at radius 2 is 2.00 bits per heavy atom. The maximum absolute atomic E-state index is 11.1. The summed E-state index contributed by atoms with van der Waals surface area (Å²) >= 11 is 0. The van der Waals surface area contributed by atoms with Crippen LogP contribution in [0.5, 0.6) is 11.5 Å². The highest BCUT2D eigenvalue weighted by Crippen LogP contribution is 2.32. The van der Waals surface area contributed by atoms with Crippen molar-refractivity contribution in [3.05, 3.63) is 23.8 Å². The molecule has 3 heteroatoms. The lowest BCUT2D eigenvalue weighted by Crippen LogP contribution is -2.16. The van der Waals surface area contributed by atoms with Crippen molar-refractivity contribution in [2.45, 2.75) is 40.2 Å². The van der Waals surface area contributed by atoms with Gasteiger partial charge in [0, 0.05) is 0 Å². The number of para-hydroxylation sites is 1. The van der Waals surface area contributed by atoms with Crippen molar-refractivity contribution >= 4 is 6.29 Å². The summed E-state index contributed by atoms with van der Waals surface area (Å²) in [5.74, 6) is 1.75. The fourth-order valence-corrected chi connectivity index (χ4v) is 1.93. The Balaban J connectivity index is 2.93. The minimum Gasteiger partial charge on any atom is -0.490 e. The standard InChI is InChI=1S/C15H22O3/c1-5-17-14-8-6-7-13(10-16)15(14)18-12(4)9-11(2)3/h6-8,10-12H,5,9H2,1-4H3. The number of aldehydes is 1. The van der Waals surface area contributed by atoms with Crippen LogP contribution in [0, 0.1) is 5.92 Å². The third-order valence-corrected chi connectivity index (χ3v) is 2.56. The predicted octanol–water partition coefficient (Wildman–Crippen LogP) is 3.71. The first kappa shape index (κ1) is 14.6. The second kappa shape index (κ2) is 7.04. The molecule has 1 aromatic carbocycles. The van der Waals surface area contributed by atoms with E-state index in [2.05, 4.69) is 13.8 Å². The summed E-state index contributed by atoms with van der Waals surface area (Å²) in [6.45, 7) is 8.77. The van der Waals surface area contributed by atoms with Gasteiger partial charge in [0.1, 0.15) is 0 Å². The Bertz CT molecular complexity index is 385. The minimum atomic E-state index is 0.0605. The van der Waals surface area contributed by atoms with Crippen LogP contribution in [0.2, 0.25) is 0 Å². The molecule has 1 unspecified atom stereocenters. The van der Waals surface area contributed by atoms with Gasteiger partial charge in [0.25, 0.3) is 0 Å². The first-order chi connectivity index (χ1) is 8.58. The Hall–Kier alpha value is -1.51. The smallest absolute Gasteiger partial charge is 0.172 e. The minimum absolute atomic E-state index is 0.0605. The third-order valence-electron chi connectivity index (χ3n) is 2.56. The molecule has 0 fully saturated rings. The van der Waals surface area contributed by atoms with E-state index in [-0.39, 0.29) is 6.10 Å². The molecular weight excluding hydrogens is 228 g/mol. The lowest BCUT2D eigenvalue weighted by Gasteiger charge is -2.20. The fourth-order valence-electron chi connectivity index (χ4n) is 1.93. The number of ether oxygens (including phenoxy) is 2. The second-order valence-corrected chi connectivity index (χ2v) is 4.78.